The van der Waals surface area contributed by atoms with Gasteiger partial charge in [-0.2, -0.15) is 0 Å². The van der Waals surface area contributed by atoms with Gasteiger partial charge in [0, 0.05) is 41.5 Å². The molecule has 0 spiro atoms. The standard InChI is InChI=1S/C20H26FN3O.C20H26FN3.C20H25FN2O.C19H22FN3O.C19H25FN2O2S/c1-14-12-17(7-10-19(14)21)13-15(2)23-11-3-4-16-5-8-18(9-6-16)24-20(22)25;1-14-10-17(5-7-18(14)21)11-15(2)22-9-3-4-16-6-8-19-20(12-16)24-13-23-19;1-14-12-17(7-10-19(14)21)13-15(2)23-11-3-4-16-5-8-18(9-6-16)20(22)24;1-13-10-16(5-7-17(13)20)11-14(2)21-9-3-4-15-6-8-18-19(12-15)23-24-22-18;1-14-12-17(7-10-19(14)20)13-15(2)22-11-3-4-16-5-8-18(9-6-16)25(21,23)24/h5-10,12,15,23H,3-4,11,13H2,1-2H3,(H3,22,24,25);5-8,10,12-13,15,19-20,22H,3-4,9,11H2,1-2H3,(H,23,24);5-10,12,15,23H,3-4,11,13H2,1-2H3,(H2,22,24);5-8,10,12,14,21H,3-4,9,11H2,1-2H3;5-10,12,15,22H,3-4,11,13H2,1-2H3,(H2,21,23,24). The lowest BCUT2D eigenvalue weighted by atomic mass is 9.96. The highest BCUT2D eigenvalue weighted by Gasteiger charge is 2.23. The van der Waals surface area contributed by atoms with Gasteiger partial charge in [-0.1, -0.05) is 127 Å². The van der Waals surface area contributed by atoms with E-state index in [9.17, 15) is 40.0 Å². The summed E-state index contributed by atoms with van der Waals surface area (Å²) in [6.45, 7) is 24.3. The molecular formula is C98H124F5N13O5S. The fraction of sp³-hybridized carbons (Fsp3) is 0.378. The van der Waals surface area contributed by atoms with Gasteiger partial charge in [0.15, 0.2) is 0 Å². The first-order chi connectivity index (χ1) is 58.4. The molecule has 1 aliphatic heterocycles. The molecule has 7 atom stereocenters. The van der Waals surface area contributed by atoms with E-state index in [2.05, 4.69) is 111 Å². The lowest BCUT2D eigenvalue weighted by molar-refractivity contribution is 0.1000. The Morgan fingerprint density at radius 1 is 0.426 bits per heavy atom. The highest BCUT2D eigenvalue weighted by atomic mass is 32.2. The second kappa shape index (κ2) is 50.1. The molecule has 0 fully saturated rings. The Balaban J connectivity index is 0.000000189. The second-order valence-corrected chi connectivity index (χ2v) is 33.9. The fourth-order valence-corrected chi connectivity index (χ4v) is 15.0. The third-order valence-electron chi connectivity index (χ3n) is 21.3. The van der Waals surface area contributed by atoms with E-state index in [0.29, 0.717) is 69.8 Å². The van der Waals surface area contributed by atoms with E-state index >= 15 is 0 Å². The van der Waals surface area contributed by atoms with Crippen molar-refractivity contribution in [1.29, 1.82) is 0 Å². The van der Waals surface area contributed by atoms with Gasteiger partial charge in [-0.25, -0.2) is 44.9 Å². The number of aliphatic imine (C=N–C) groups is 1. The second-order valence-electron chi connectivity index (χ2n) is 32.3. The highest BCUT2D eigenvalue weighted by Crippen LogP contribution is 2.23. The van der Waals surface area contributed by atoms with E-state index in [1.165, 1.54) is 58.2 Å². The fourth-order valence-electron chi connectivity index (χ4n) is 14.5. The number of nitrogens with one attached hydrogen (secondary N) is 7. The number of aryl methyl sites for hydroxylation is 9. The van der Waals surface area contributed by atoms with Gasteiger partial charge in [0.2, 0.25) is 15.9 Å². The lowest BCUT2D eigenvalue weighted by Gasteiger charge is -2.18. The van der Waals surface area contributed by atoms with E-state index in [4.69, 9.17) is 21.2 Å². The molecule has 12 rings (SSSR count). The molecule has 0 saturated carbocycles. The number of nitrogens with two attached hydrogens (primary N) is 3. The van der Waals surface area contributed by atoms with Crippen LogP contribution in [0.4, 0.5) is 32.4 Å². The molecule has 652 valence electrons. The minimum absolute atomic E-state index is 0.127. The van der Waals surface area contributed by atoms with E-state index in [1.807, 2.05) is 116 Å². The van der Waals surface area contributed by atoms with Crippen LogP contribution < -0.4 is 53.8 Å². The number of rotatable bonds is 38. The van der Waals surface area contributed by atoms with Gasteiger partial charge in [0.25, 0.3) is 0 Å². The molecular weight excluding hydrogens is 1570 g/mol. The Morgan fingerprint density at radius 3 is 1.11 bits per heavy atom. The summed E-state index contributed by atoms with van der Waals surface area (Å²) in [6.07, 6.45) is 22.9. The van der Waals surface area contributed by atoms with Crippen LogP contribution in [0.1, 0.15) is 161 Å². The molecule has 122 heavy (non-hydrogen) atoms. The third kappa shape index (κ3) is 35.1. The number of nitrogens with zero attached hydrogens (tertiary/aromatic N) is 3. The molecule has 1 aromatic heterocycles. The average molecular weight is 1690 g/mol. The van der Waals surface area contributed by atoms with Crippen LogP contribution in [0.3, 0.4) is 0 Å². The number of anilines is 1. The SMILES string of the molecule is Cc1cc(CC(C)NCCCC2=CC3NC=NC3C=C2)ccc1F.Cc1cc(CC(C)NCCCc2ccc(C(N)=O)cc2)ccc1F.Cc1cc(CC(C)NCCCc2ccc(NC(N)=O)cc2)ccc1F.Cc1cc(CC(C)NCCCc2ccc(S(N)(=O)=O)cc2)ccc1F.Cc1cc(CC(C)NCCCc2ccc3nonc3c2)ccc1F. The largest absolute Gasteiger partial charge is 0.368 e. The maximum absolute atomic E-state index is 13.3. The molecule has 10 aromatic rings. The summed E-state index contributed by atoms with van der Waals surface area (Å²) in [6, 6.07) is 56.2. The zero-order valence-electron chi connectivity index (χ0n) is 72.2. The molecule has 7 unspecified atom stereocenters. The topological polar surface area (TPSA) is 282 Å². The number of carbonyl (C=O) groups excluding carboxylic acids is 2. The number of fused-ring (bicyclic) bond motifs is 2. The number of halogens is 5. The smallest absolute Gasteiger partial charge is 0.316 e. The first kappa shape index (κ1) is 96.9. The minimum atomic E-state index is -3.63. The van der Waals surface area contributed by atoms with Crippen LogP contribution in [0, 0.1) is 63.7 Å². The molecule has 2 heterocycles. The number of allylic oxidation sites excluding steroid dienone is 2. The molecule has 0 saturated heterocycles. The zero-order valence-corrected chi connectivity index (χ0v) is 73.0. The molecule has 0 bridgehead atoms. The Bertz CT molecular complexity index is 5140. The molecule has 3 amide bonds. The quantitative estimate of drug-likeness (QED) is 0.0127. The Morgan fingerprint density at radius 2 is 0.754 bits per heavy atom. The van der Waals surface area contributed by atoms with Crippen molar-refractivity contribution in [1.82, 2.24) is 42.2 Å². The third-order valence-corrected chi connectivity index (χ3v) is 22.2. The van der Waals surface area contributed by atoms with E-state index < -0.39 is 22.0 Å². The van der Waals surface area contributed by atoms with Gasteiger partial charge in [0.05, 0.1) is 23.3 Å². The molecule has 2 aliphatic rings. The van der Waals surface area contributed by atoms with E-state index in [1.54, 1.807) is 70.4 Å². The van der Waals surface area contributed by atoms with Crippen LogP contribution >= 0.6 is 0 Å². The monoisotopic (exact) mass is 1690 g/mol. The van der Waals surface area contributed by atoms with Crippen molar-refractivity contribution in [3.8, 4) is 0 Å². The lowest BCUT2D eigenvalue weighted by Crippen LogP contribution is -2.31. The van der Waals surface area contributed by atoms with Crippen LogP contribution in [0.15, 0.2) is 220 Å². The van der Waals surface area contributed by atoms with Crippen molar-refractivity contribution in [2.45, 2.75) is 213 Å². The summed E-state index contributed by atoms with van der Waals surface area (Å²) in [5, 5.41) is 36.1. The predicted octanol–water partition coefficient (Wildman–Crippen LogP) is 17.2. The number of benzene rings is 9. The first-order valence-electron chi connectivity index (χ1n) is 42.3. The summed E-state index contributed by atoms with van der Waals surface area (Å²) < 4.78 is 93.6. The molecule has 24 heteroatoms. The van der Waals surface area contributed by atoms with Crippen molar-refractivity contribution >= 4 is 45.0 Å². The van der Waals surface area contributed by atoms with Gasteiger partial charge in [-0.05, 0) is 365 Å². The van der Waals surface area contributed by atoms with E-state index in [0.717, 1.165) is 173 Å². The maximum Gasteiger partial charge on any atom is 0.316 e. The number of urea groups is 1. The van der Waals surface area contributed by atoms with Gasteiger partial charge in [-0.3, -0.25) is 9.79 Å². The number of amides is 3. The zero-order chi connectivity index (χ0) is 88.1. The Hall–Kier alpha value is -10.6. The Labute approximate surface area is 718 Å². The summed E-state index contributed by atoms with van der Waals surface area (Å²) in [7, 11) is -3.63. The van der Waals surface area contributed by atoms with Gasteiger partial charge in [-0.15, -0.1) is 0 Å². The van der Waals surface area contributed by atoms with Gasteiger partial charge < -0.3 is 48.7 Å². The number of hydrogen-bond donors (Lipinski definition) is 10. The minimum Gasteiger partial charge on any atom is -0.368 e. The van der Waals surface area contributed by atoms with Crippen LogP contribution in [-0.4, -0.2) is 112 Å². The number of hydrogen-bond acceptors (Lipinski definition) is 14. The first-order valence-corrected chi connectivity index (χ1v) is 43.9. The summed E-state index contributed by atoms with van der Waals surface area (Å²) in [4.78, 5) is 26.3. The van der Waals surface area contributed by atoms with Crippen molar-refractivity contribution in [3.63, 3.8) is 0 Å². The number of primary amides is 2. The molecule has 0 radical (unpaired) electrons. The van der Waals surface area contributed by atoms with Gasteiger partial charge in [0.1, 0.15) is 40.1 Å². The summed E-state index contributed by atoms with van der Waals surface area (Å²) >= 11 is 0. The van der Waals surface area contributed by atoms with Gasteiger partial charge >= 0.3 is 6.03 Å². The van der Waals surface area contributed by atoms with Crippen LogP contribution in [0.2, 0.25) is 0 Å². The summed E-state index contributed by atoms with van der Waals surface area (Å²) in [5.74, 6) is -1.13. The highest BCUT2D eigenvalue weighted by molar-refractivity contribution is 7.89. The molecule has 1 aliphatic carbocycles. The van der Waals surface area contributed by atoms with Crippen molar-refractivity contribution < 1.29 is 44.6 Å². The number of carbonyl (C=O) groups is 2. The van der Waals surface area contributed by atoms with Crippen LogP contribution in [0.25, 0.3) is 11.0 Å². The Kier molecular flexibility index (Phi) is 39.8. The molecule has 13 N–H and O–H groups in total. The molecule has 9 aromatic carbocycles. The van der Waals surface area contributed by atoms with E-state index in [-0.39, 0.29) is 40.0 Å². The maximum atomic E-state index is 13.3. The van der Waals surface area contributed by atoms with Crippen molar-refractivity contribution in [2.75, 3.05) is 38.0 Å². The summed E-state index contributed by atoms with van der Waals surface area (Å²) in [5.41, 5.74) is 28.5. The van der Waals surface area contributed by atoms with Crippen LogP contribution in [-0.2, 0) is 67.8 Å². The average Bonchev–Trinajstić information content (AvgIpc) is 1.49. The number of aromatic nitrogens is 2. The van der Waals surface area contributed by atoms with Crippen molar-refractivity contribution in [2.24, 2.45) is 21.6 Å². The number of sulfonamides is 1. The van der Waals surface area contributed by atoms with Crippen LogP contribution in [0.5, 0.6) is 0 Å². The van der Waals surface area contributed by atoms with Crippen molar-refractivity contribution in [3.05, 3.63) is 318 Å². The number of primary sulfonamides is 1. The predicted molar refractivity (Wildman–Crippen MR) is 485 cm³/mol. The molecule has 18 nitrogen and oxygen atoms in total. The normalized spacial score (nSPS) is 14.5.